The van der Waals surface area contributed by atoms with Gasteiger partial charge in [0, 0.05) is 6.08 Å². The van der Waals surface area contributed by atoms with Crippen molar-refractivity contribution < 1.29 is 14.3 Å². The number of hydrazine groups is 1. The second-order valence-electron chi connectivity index (χ2n) is 6.46. The molecular formula is C24H22N2O3. The number of benzene rings is 3. The maximum absolute atomic E-state index is 11.8. The van der Waals surface area contributed by atoms with E-state index < -0.39 is 11.8 Å². The molecule has 0 aliphatic heterocycles. The van der Waals surface area contributed by atoms with Crippen molar-refractivity contribution in [2.45, 2.75) is 6.92 Å². The normalized spacial score (nSPS) is 10.5. The summed E-state index contributed by atoms with van der Waals surface area (Å²) in [6.07, 6.45) is 3.03. The largest absolute Gasteiger partial charge is 0.484 e. The third-order valence-electron chi connectivity index (χ3n) is 4.16. The van der Waals surface area contributed by atoms with Crippen molar-refractivity contribution in [2.24, 2.45) is 0 Å². The van der Waals surface area contributed by atoms with Crippen molar-refractivity contribution in [1.82, 2.24) is 10.9 Å². The van der Waals surface area contributed by atoms with Gasteiger partial charge in [0.05, 0.1) is 0 Å². The van der Waals surface area contributed by atoms with Crippen molar-refractivity contribution >= 4 is 17.9 Å². The smallest absolute Gasteiger partial charge is 0.276 e. The Morgan fingerprint density at radius 1 is 0.828 bits per heavy atom. The number of nitrogens with one attached hydrogen (secondary N) is 2. The van der Waals surface area contributed by atoms with Crippen LogP contribution >= 0.6 is 0 Å². The number of rotatable bonds is 6. The summed E-state index contributed by atoms with van der Waals surface area (Å²) in [7, 11) is 0. The Morgan fingerprint density at radius 2 is 1.48 bits per heavy atom. The molecular weight excluding hydrogens is 364 g/mol. The van der Waals surface area contributed by atoms with Gasteiger partial charge in [0.15, 0.2) is 6.61 Å². The quantitative estimate of drug-likeness (QED) is 0.499. The SMILES string of the molecule is Cc1ccc(C=CC(=O)NNC(=O)COc2ccc(-c3ccccc3)cc2)cc1. The first kappa shape index (κ1) is 19.9. The summed E-state index contributed by atoms with van der Waals surface area (Å²) < 4.78 is 5.45. The van der Waals surface area contributed by atoms with Gasteiger partial charge in [-0.25, -0.2) is 0 Å². The maximum Gasteiger partial charge on any atom is 0.276 e. The van der Waals surface area contributed by atoms with E-state index in [2.05, 4.69) is 10.9 Å². The van der Waals surface area contributed by atoms with Crippen LogP contribution in [0.5, 0.6) is 5.75 Å². The van der Waals surface area contributed by atoms with Crippen LogP contribution in [0.4, 0.5) is 0 Å². The summed E-state index contributed by atoms with van der Waals surface area (Å²) in [6.45, 7) is 1.79. The Balaban J connectivity index is 1.41. The van der Waals surface area contributed by atoms with Gasteiger partial charge in [0.1, 0.15) is 5.75 Å². The highest BCUT2D eigenvalue weighted by Crippen LogP contribution is 2.21. The van der Waals surface area contributed by atoms with Crippen LogP contribution < -0.4 is 15.6 Å². The zero-order valence-electron chi connectivity index (χ0n) is 16.1. The van der Waals surface area contributed by atoms with Crippen LogP contribution in [0.15, 0.2) is 84.9 Å². The van der Waals surface area contributed by atoms with Crippen LogP contribution in [-0.4, -0.2) is 18.4 Å². The van der Waals surface area contributed by atoms with Gasteiger partial charge in [0.25, 0.3) is 11.8 Å². The molecule has 0 radical (unpaired) electrons. The van der Waals surface area contributed by atoms with Gasteiger partial charge in [-0.2, -0.15) is 0 Å². The molecule has 0 unspecified atom stereocenters. The van der Waals surface area contributed by atoms with Gasteiger partial charge >= 0.3 is 0 Å². The second kappa shape index (κ2) is 9.90. The summed E-state index contributed by atoms with van der Waals surface area (Å²) in [5.74, 6) is -0.300. The lowest BCUT2D eigenvalue weighted by atomic mass is 10.1. The average molecular weight is 386 g/mol. The van der Waals surface area contributed by atoms with E-state index in [0.717, 1.165) is 22.3 Å². The zero-order valence-corrected chi connectivity index (χ0v) is 16.1. The lowest BCUT2D eigenvalue weighted by Gasteiger charge is -2.08. The number of aryl methyl sites for hydroxylation is 1. The molecule has 0 heterocycles. The van der Waals surface area contributed by atoms with E-state index in [9.17, 15) is 9.59 Å². The fourth-order valence-electron chi connectivity index (χ4n) is 2.58. The first-order chi connectivity index (χ1) is 14.1. The number of hydrogen-bond donors (Lipinski definition) is 2. The molecule has 5 heteroatoms. The van der Waals surface area contributed by atoms with E-state index in [1.165, 1.54) is 6.08 Å². The van der Waals surface area contributed by atoms with Crippen molar-refractivity contribution in [1.29, 1.82) is 0 Å². The molecule has 29 heavy (non-hydrogen) atoms. The average Bonchev–Trinajstić information content (AvgIpc) is 2.77. The van der Waals surface area contributed by atoms with Gasteiger partial charge < -0.3 is 4.74 Å². The highest BCUT2D eigenvalue weighted by Gasteiger charge is 2.04. The van der Waals surface area contributed by atoms with Crippen molar-refractivity contribution in [3.05, 3.63) is 96.1 Å². The number of ether oxygens (including phenoxy) is 1. The standard InChI is InChI=1S/C24H22N2O3/c1-18-7-9-19(10-8-18)11-16-23(27)25-26-24(28)17-29-22-14-12-21(13-15-22)20-5-3-2-4-6-20/h2-16H,17H2,1H3,(H,25,27)(H,26,28). The van der Waals surface area contributed by atoms with Gasteiger partial charge in [0.2, 0.25) is 0 Å². The van der Waals surface area contributed by atoms with Gasteiger partial charge in [-0.15, -0.1) is 0 Å². The molecule has 0 fully saturated rings. The number of hydrogen-bond acceptors (Lipinski definition) is 3. The third kappa shape index (κ3) is 6.36. The summed E-state index contributed by atoms with van der Waals surface area (Å²) in [5, 5.41) is 0. The predicted molar refractivity (Wildman–Crippen MR) is 114 cm³/mol. The van der Waals surface area contributed by atoms with E-state index in [4.69, 9.17) is 4.74 Å². The van der Waals surface area contributed by atoms with Gasteiger partial charge in [-0.1, -0.05) is 72.3 Å². The molecule has 146 valence electrons. The van der Waals surface area contributed by atoms with Crippen LogP contribution in [0, 0.1) is 6.92 Å². The molecule has 0 saturated heterocycles. The summed E-state index contributed by atoms with van der Waals surface area (Å²) >= 11 is 0. The minimum Gasteiger partial charge on any atom is -0.484 e. The van der Waals surface area contributed by atoms with Crippen molar-refractivity contribution in [3.8, 4) is 16.9 Å². The first-order valence-electron chi connectivity index (χ1n) is 9.22. The van der Waals surface area contributed by atoms with Crippen molar-refractivity contribution in [3.63, 3.8) is 0 Å². The molecule has 2 amide bonds. The Morgan fingerprint density at radius 3 is 2.17 bits per heavy atom. The molecule has 0 saturated carbocycles. The van der Waals surface area contributed by atoms with E-state index in [1.807, 2.05) is 73.7 Å². The zero-order chi connectivity index (χ0) is 20.5. The summed E-state index contributed by atoms with van der Waals surface area (Å²) in [4.78, 5) is 23.6. The van der Waals surface area contributed by atoms with E-state index in [1.54, 1.807) is 18.2 Å². The molecule has 0 spiro atoms. The van der Waals surface area contributed by atoms with E-state index in [0.29, 0.717) is 5.75 Å². The first-order valence-corrected chi connectivity index (χ1v) is 9.22. The molecule has 3 aromatic carbocycles. The van der Waals surface area contributed by atoms with E-state index >= 15 is 0 Å². The molecule has 3 rings (SSSR count). The molecule has 0 atom stereocenters. The molecule has 0 aromatic heterocycles. The highest BCUT2D eigenvalue weighted by atomic mass is 16.5. The third-order valence-corrected chi connectivity index (χ3v) is 4.16. The molecule has 0 aliphatic carbocycles. The number of carbonyl (C=O) groups is 2. The van der Waals surface area contributed by atoms with Gasteiger partial charge in [-0.05, 0) is 41.8 Å². The molecule has 0 aliphatic rings. The minimum atomic E-state index is -0.450. The highest BCUT2D eigenvalue weighted by molar-refractivity contribution is 5.93. The maximum atomic E-state index is 11.8. The lowest BCUT2D eigenvalue weighted by molar-refractivity contribution is -0.128. The number of amides is 2. The van der Waals surface area contributed by atoms with Gasteiger partial charge in [-0.3, -0.25) is 20.4 Å². The van der Waals surface area contributed by atoms with Crippen LogP contribution in [0.25, 0.3) is 17.2 Å². The van der Waals surface area contributed by atoms with Crippen molar-refractivity contribution in [2.75, 3.05) is 6.61 Å². The Labute approximate surface area is 170 Å². The summed E-state index contributed by atoms with van der Waals surface area (Å²) in [6, 6.07) is 25.2. The fourth-order valence-corrected chi connectivity index (χ4v) is 2.58. The topological polar surface area (TPSA) is 67.4 Å². The van der Waals surface area contributed by atoms with Crippen LogP contribution in [0.2, 0.25) is 0 Å². The molecule has 2 N–H and O–H groups in total. The fraction of sp³-hybridized carbons (Fsp3) is 0.0833. The monoisotopic (exact) mass is 386 g/mol. The molecule has 0 bridgehead atoms. The Bertz CT molecular complexity index is 979. The Kier molecular flexibility index (Phi) is 6.79. The predicted octanol–water partition coefficient (Wildman–Crippen LogP) is 3.90. The minimum absolute atomic E-state index is 0.202. The molecule has 5 nitrogen and oxygen atoms in total. The Hall–Kier alpha value is -3.86. The number of carbonyl (C=O) groups excluding carboxylic acids is 2. The molecule has 3 aromatic rings. The van der Waals surface area contributed by atoms with Crippen LogP contribution in [-0.2, 0) is 9.59 Å². The van der Waals surface area contributed by atoms with E-state index in [-0.39, 0.29) is 6.61 Å². The lowest BCUT2D eigenvalue weighted by Crippen LogP contribution is -2.43. The van der Waals surface area contributed by atoms with Crippen LogP contribution in [0.3, 0.4) is 0 Å². The van der Waals surface area contributed by atoms with Crippen LogP contribution in [0.1, 0.15) is 11.1 Å². The second-order valence-corrected chi connectivity index (χ2v) is 6.46. The summed E-state index contributed by atoms with van der Waals surface area (Å²) in [5.41, 5.74) is 8.87.